The van der Waals surface area contributed by atoms with Crippen molar-refractivity contribution < 1.29 is 9.21 Å². The minimum atomic E-state index is -0.403. The molecular formula is C18H15BrN2O2. The van der Waals surface area contributed by atoms with Crippen LogP contribution in [-0.2, 0) is 6.54 Å². The number of carbonyl (C=O) groups excluding carboxylic acids is 1. The molecule has 4 nitrogen and oxygen atoms in total. The van der Waals surface area contributed by atoms with Gasteiger partial charge in [-0.15, -0.1) is 0 Å². The van der Waals surface area contributed by atoms with Crippen LogP contribution in [0.2, 0.25) is 0 Å². The summed E-state index contributed by atoms with van der Waals surface area (Å²) in [5, 5.41) is 0. The number of amides is 1. The van der Waals surface area contributed by atoms with Gasteiger partial charge in [-0.3, -0.25) is 4.79 Å². The molecule has 0 bridgehead atoms. The van der Waals surface area contributed by atoms with Gasteiger partial charge in [0.05, 0.1) is 0 Å². The Morgan fingerprint density at radius 3 is 2.61 bits per heavy atom. The van der Waals surface area contributed by atoms with Crippen molar-refractivity contribution in [2.24, 2.45) is 4.99 Å². The molecule has 0 radical (unpaired) electrons. The molecule has 1 aromatic carbocycles. The summed E-state index contributed by atoms with van der Waals surface area (Å²) in [6.07, 6.45) is 1.91. The van der Waals surface area contributed by atoms with Crippen molar-refractivity contribution in [3.63, 3.8) is 0 Å². The van der Waals surface area contributed by atoms with E-state index in [9.17, 15) is 4.79 Å². The molecule has 0 saturated heterocycles. The lowest BCUT2D eigenvalue weighted by atomic mass is 10.1. The van der Waals surface area contributed by atoms with Crippen molar-refractivity contribution in [1.82, 2.24) is 4.57 Å². The third kappa shape index (κ3) is 3.87. The first kappa shape index (κ1) is 15.5. The van der Waals surface area contributed by atoms with Gasteiger partial charge in [0, 0.05) is 12.7 Å². The van der Waals surface area contributed by atoms with Crippen LogP contribution in [0, 0.1) is 6.92 Å². The Morgan fingerprint density at radius 1 is 1.13 bits per heavy atom. The van der Waals surface area contributed by atoms with Crippen molar-refractivity contribution >= 4 is 21.8 Å². The zero-order valence-electron chi connectivity index (χ0n) is 12.6. The predicted molar refractivity (Wildman–Crippen MR) is 91.0 cm³/mol. The summed E-state index contributed by atoms with van der Waals surface area (Å²) in [5.41, 5.74) is 2.96. The highest BCUT2D eigenvalue weighted by Gasteiger charge is 2.09. The molecule has 0 spiro atoms. The molecule has 116 valence electrons. The van der Waals surface area contributed by atoms with Crippen LogP contribution in [0.25, 0.3) is 0 Å². The number of pyridine rings is 1. The Morgan fingerprint density at radius 2 is 1.91 bits per heavy atom. The first-order valence-corrected chi connectivity index (χ1v) is 7.96. The van der Waals surface area contributed by atoms with Crippen LogP contribution in [0.1, 0.15) is 21.7 Å². The number of carbonyl (C=O) groups is 1. The number of aromatic nitrogens is 1. The fraction of sp³-hybridized carbons (Fsp3) is 0.111. The SMILES string of the molecule is Cc1ccc(Cn2ccccc2=NC(=O)c2ccc(Br)o2)cc1. The van der Waals surface area contributed by atoms with Gasteiger partial charge >= 0.3 is 5.91 Å². The highest BCUT2D eigenvalue weighted by molar-refractivity contribution is 9.10. The van der Waals surface area contributed by atoms with E-state index in [1.807, 2.05) is 29.0 Å². The fourth-order valence-corrected chi connectivity index (χ4v) is 2.49. The van der Waals surface area contributed by atoms with Crippen LogP contribution >= 0.6 is 15.9 Å². The average molecular weight is 371 g/mol. The molecule has 3 aromatic rings. The number of nitrogens with zero attached hydrogens (tertiary/aromatic N) is 2. The maximum absolute atomic E-state index is 12.2. The summed E-state index contributed by atoms with van der Waals surface area (Å²) in [7, 11) is 0. The van der Waals surface area contributed by atoms with E-state index in [0.717, 1.165) is 5.56 Å². The fourth-order valence-electron chi connectivity index (χ4n) is 2.18. The van der Waals surface area contributed by atoms with Gasteiger partial charge < -0.3 is 8.98 Å². The van der Waals surface area contributed by atoms with Gasteiger partial charge in [-0.1, -0.05) is 35.9 Å². The van der Waals surface area contributed by atoms with E-state index in [2.05, 4.69) is 52.1 Å². The predicted octanol–water partition coefficient (Wildman–Crippen LogP) is 3.94. The molecule has 2 aromatic heterocycles. The molecule has 1 amide bonds. The van der Waals surface area contributed by atoms with Crippen molar-refractivity contribution in [3.05, 3.63) is 87.8 Å². The Kier molecular flexibility index (Phi) is 4.57. The zero-order chi connectivity index (χ0) is 16.2. The van der Waals surface area contributed by atoms with Gasteiger partial charge in [0.15, 0.2) is 10.4 Å². The van der Waals surface area contributed by atoms with Crippen molar-refractivity contribution in [3.8, 4) is 0 Å². The van der Waals surface area contributed by atoms with E-state index < -0.39 is 5.91 Å². The second-order valence-corrected chi connectivity index (χ2v) is 5.97. The smallest absolute Gasteiger partial charge is 0.314 e. The molecule has 3 rings (SSSR count). The lowest BCUT2D eigenvalue weighted by Gasteiger charge is -2.07. The molecule has 0 aliphatic rings. The maximum atomic E-state index is 12.2. The first-order chi connectivity index (χ1) is 11.1. The monoisotopic (exact) mass is 370 g/mol. The number of rotatable bonds is 3. The summed E-state index contributed by atoms with van der Waals surface area (Å²) >= 11 is 3.18. The molecule has 0 aliphatic carbocycles. The molecule has 0 N–H and O–H groups in total. The van der Waals surface area contributed by atoms with E-state index >= 15 is 0 Å². The standard InChI is InChI=1S/C18H15BrN2O2/c1-13-5-7-14(8-6-13)12-21-11-3-2-4-17(21)20-18(22)15-9-10-16(19)23-15/h2-11H,12H2,1H3. The third-order valence-electron chi connectivity index (χ3n) is 3.39. The van der Waals surface area contributed by atoms with Gasteiger partial charge in [0.1, 0.15) is 5.49 Å². The number of furan rings is 1. The average Bonchev–Trinajstić information content (AvgIpc) is 2.98. The number of hydrogen-bond acceptors (Lipinski definition) is 2. The summed E-state index contributed by atoms with van der Waals surface area (Å²) in [5.74, 6) is -0.192. The van der Waals surface area contributed by atoms with E-state index in [0.29, 0.717) is 16.7 Å². The summed E-state index contributed by atoms with van der Waals surface area (Å²) in [6, 6.07) is 17.1. The van der Waals surface area contributed by atoms with Crippen LogP contribution in [0.5, 0.6) is 0 Å². The second kappa shape index (κ2) is 6.79. The molecule has 5 heteroatoms. The van der Waals surface area contributed by atoms with Gasteiger partial charge in [-0.2, -0.15) is 4.99 Å². The zero-order valence-corrected chi connectivity index (χ0v) is 14.2. The van der Waals surface area contributed by atoms with E-state index in [4.69, 9.17) is 4.42 Å². The summed E-state index contributed by atoms with van der Waals surface area (Å²) in [4.78, 5) is 16.3. The Labute approximate surface area is 142 Å². The Balaban J connectivity index is 1.92. The summed E-state index contributed by atoms with van der Waals surface area (Å²) in [6.45, 7) is 2.70. The lowest BCUT2D eigenvalue weighted by Crippen LogP contribution is -2.22. The third-order valence-corrected chi connectivity index (χ3v) is 3.82. The number of halogens is 1. The molecule has 0 unspecified atom stereocenters. The first-order valence-electron chi connectivity index (χ1n) is 7.17. The maximum Gasteiger partial charge on any atom is 0.314 e. The van der Waals surface area contributed by atoms with Crippen molar-refractivity contribution in [2.75, 3.05) is 0 Å². The van der Waals surface area contributed by atoms with Gasteiger partial charge in [-0.25, -0.2) is 0 Å². The van der Waals surface area contributed by atoms with Crippen LogP contribution in [0.15, 0.2) is 74.9 Å². The molecule has 0 atom stereocenters. The molecule has 0 saturated carbocycles. The van der Waals surface area contributed by atoms with E-state index in [1.165, 1.54) is 5.56 Å². The number of hydrogen-bond donors (Lipinski definition) is 0. The molecule has 2 heterocycles. The quantitative estimate of drug-likeness (QED) is 0.700. The van der Waals surface area contributed by atoms with E-state index in [1.54, 1.807) is 12.1 Å². The molecule has 0 fully saturated rings. The summed E-state index contributed by atoms with van der Waals surface area (Å²) < 4.78 is 7.69. The van der Waals surface area contributed by atoms with Gasteiger partial charge in [0.2, 0.25) is 0 Å². The number of aryl methyl sites for hydroxylation is 1. The van der Waals surface area contributed by atoms with E-state index in [-0.39, 0.29) is 5.76 Å². The van der Waals surface area contributed by atoms with Crippen LogP contribution in [0.4, 0.5) is 0 Å². The Bertz CT molecular complexity index is 892. The molecular weight excluding hydrogens is 356 g/mol. The normalized spacial score (nSPS) is 11.7. The van der Waals surface area contributed by atoms with Gasteiger partial charge in [-0.05, 0) is 52.7 Å². The largest absolute Gasteiger partial charge is 0.444 e. The van der Waals surface area contributed by atoms with Gasteiger partial charge in [0.25, 0.3) is 0 Å². The van der Waals surface area contributed by atoms with Crippen molar-refractivity contribution in [1.29, 1.82) is 0 Å². The minimum absolute atomic E-state index is 0.211. The molecule has 0 aliphatic heterocycles. The Hall–Kier alpha value is -2.40. The number of benzene rings is 1. The molecule has 23 heavy (non-hydrogen) atoms. The minimum Gasteiger partial charge on any atom is -0.444 e. The lowest BCUT2D eigenvalue weighted by molar-refractivity contribution is 0.0969. The van der Waals surface area contributed by atoms with Crippen LogP contribution < -0.4 is 5.49 Å². The van der Waals surface area contributed by atoms with Crippen molar-refractivity contribution in [2.45, 2.75) is 13.5 Å². The highest BCUT2D eigenvalue weighted by atomic mass is 79.9. The highest BCUT2D eigenvalue weighted by Crippen LogP contribution is 2.14. The topological polar surface area (TPSA) is 47.5 Å². The van der Waals surface area contributed by atoms with Crippen LogP contribution in [-0.4, -0.2) is 10.5 Å². The second-order valence-electron chi connectivity index (χ2n) is 5.19. The van der Waals surface area contributed by atoms with Crippen LogP contribution in [0.3, 0.4) is 0 Å².